The summed E-state index contributed by atoms with van der Waals surface area (Å²) in [5.41, 5.74) is 4.84. The third-order valence-corrected chi connectivity index (χ3v) is 4.13. The highest BCUT2D eigenvalue weighted by Crippen LogP contribution is 2.31. The van der Waals surface area contributed by atoms with Crippen LogP contribution in [0.1, 0.15) is 18.3 Å². The number of aryl methyl sites for hydroxylation is 2. The van der Waals surface area contributed by atoms with E-state index in [0.717, 1.165) is 45.6 Å². The number of hydrogen-bond donors (Lipinski definition) is 1. The number of H-pyrrole nitrogens is 1. The minimum absolute atomic E-state index is 0.650. The normalized spacial score (nSPS) is 11.6. The molecule has 22 heavy (non-hydrogen) atoms. The maximum absolute atomic E-state index is 6.37. The third-order valence-electron chi connectivity index (χ3n) is 3.83. The Balaban J connectivity index is 2.06. The highest BCUT2D eigenvalue weighted by Gasteiger charge is 2.13. The first kappa shape index (κ1) is 13.3. The summed E-state index contributed by atoms with van der Waals surface area (Å²) in [7, 11) is 0. The van der Waals surface area contributed by atoms with Crippen LogP contribution in [0.2, 0.25) is 5.02 Å². The molecule has 0 radical (unpaired) electrons. The van der Waals surface area contributed by atoms with E-state index in [4.69, 9.17) is 11.6 Å². The van der Waals surface area contributed by atoms with E-state index >= 15 is 0 Å². The molecule has 0 aliphatic rings. The summed E-state index contributed by atoms with van der Waals surface area (Å²) in [6.07, 6.45) is 2.58. The first-order valence-corrected chi connectivity index (χ1v) is 7.53. The van der Waals surface area contributed by atoms with Gasteiger partial charge in [-0.3, -0.25) is 5.10 Å². The van der Waals surface area contributed by atoms with Crippen molar-refractivity contribution >= 4 is 28.2 Å². The maximum Gasteiger partial charge on any atom is 0.156 e. The summed E-state index contributed by atoms with van der Waals surface area (Å²) in [6, 6.07) is 8.06. The number of aromatic nitrogens is 5. The number of nitrogens with zero attached hydrogens (tertiary/aromatic N) is 4. The SMILES string of the molecule is CCc1nc2ccc(C)c(-c3cc(Cl)c4[nH]ncc4c3)n2n1. The van der Waals surface area contributed by atoms with E-state index in [2.05, 4.69) is 46.3 Å². The molecule has 1 N–H and O–H groups in total. The van der Waals surface area contributed by atoms with Crippen molar-refractivity contribution in [2.24, 2.45) is 0 Å². The topological polar surface area (TPSA) is 58.9 Å². The monoisotopic (exact) mass is 311 g/mol. The molecule has 0 spiro atoms. The lowest BCUT2D eigenvalue weighted by Crippen LogP contribution is -1.98. The van der Waals surface area contributed by atoms with E-state index in [-0.39, 0.29) is 0 Å². The second kappa shape index (κ2) is 4.81. The van der Waals surface area contributed by atoms with Crippen molar-refractivity contribution in [3.8, 4) is 11.3 Å². The zero-order valence-electron chi connectivity index (χ0n) is 12.3. The Hall–Kier alpha value is -2.40. The van der Waals surface area contributed by atoms with Gasteiger partial charge in [-0.15, -0.1) is 0 Å². The van der Waals surface area contributed by atoms with Gasteiger partial charge >= 0.3 is 0 Å². The molecule has 4 rings (SSSR count). The average molecular weight is 312 g/mol. The molecule has 0 saturated carbocycles. The Morgan fingerprint density at radius 3 is 2.95 bits per heavy atom. The van der Waals surface area contributed by atoms with Crippen LogP contribution < -0.4 is 0 Å². The van der Waals surface area contributed by atoms with Gasteiger partial charge in [0.05, 0.1) is 22.4 Å². The molecular formula is C16H14ClN5. The number of fused-ring (bicyclic) bond motifs is 2. The van der Waals surface area contributed by atoms with Crippen LogP contribution in [-0.4, -0.2) is 24.8 Å². The van der Waals surface area contributed by atoms with Crippen LogP contribution in [0.15, 0.2) is 30.5 Å². The summed E-state index contributed by atoms with van der Waals surface area (Å²) in [6.45, 7) is 4.12. The van der Waals surface area contributed by atoms with Gasteiger partial charge in [0.25, 0.3) is 0 Å². The number of benzene rings is 1. The van der Waals surface area contributed by atoms with Gasteiger partial charge in [-0.2, -0.15) is 10.2 Å². The van der Waals surface area contributed by atoms with Gasteiger partial charge < -0.3 is 0 Å². The zero-order chi connectivity index (χ0) is 15.3. The van der Waals surface area contributed by atoms with Crippen molar-refractivity contribution in [1.29, 1.82) is 0 Å². The molecule has 0 atom stereocenters. The van der Waals surface area contributed by atoms with Gasteiger partial charge in [0, 0.05) is 17.4 Å². The van der Waals surface area contributed by atoms with Crippen LogP contribution in [-0.2, 0) is 6.42 Å². The number of aromatic amines is 1. The van der Waals surface area contributed by atoms with Crippen LogP contribution in [0, 0.1) is 6.92 Å². The minimum Gasteiger partial charge on any atom is -0.276 e. The second-order valence-corrected chi connectivity index (χ2v) is 5.72. The van der Waals surface area contributed by atoms with Gasteiger partial charge in [-0.05, 0) is 30.7 Å². The van der Waals surface area contributed by atoms with Crippen LogP contribution in [0.4, 0.5) is 0 Å². The number of hydrogen-bond acceptors (Lipinski definition) is 3. The molecule has 5 nitrogen and oxygen atoms in total. The summed E-state index contributed by atoms with van der Waals surface area (Å²) in [5.74, 6) is 0.835. The van der Waals surface area contributed by atoms with E-state index in [0.29, 0.717) is 5.02 Å². The minimum atomic E-state index is 0.650. The summed E-state index contributed by atoms with van der Waals surface area (Å²) >= 11 is 6.37. The fourth-order valence-corrected chi connectivity index (χ4v) is 3.01. The molecular weight excluding hydrogens is 298 g/mol. The first-order valence-electron chi connectivity index (χ1n) is 7.15. The van der Waals surface area contributed by atoms with E-state index < -0.39 is 0 Å². The Labute approximate surface area is 131 Å². The van der Waals surface area contributed by atoms with Crippen LogP contribution in [0.5, 0.6) is 0 Å². The molecule has 4 aromatic rings. The van der Waals surface area contributed by atoms with Gasteiger partial charge in [0.2, 0.25) is 0 Å². The van der Waals surface area contributed by atoms with Crippen molar-refractivity contribution in [1.82, 2.24) is 24.8 Å². The summed E-state index contributed by atoms with van der Waals surface area (Å²) in [4.78, 5) is 4.53. The Kier molecular flexibility index (Phi) is 2.90. The zero-order valence-corrected chi connectivity index (χ0v) is 13.0. The van der Waals surface area contributed by atoms with E-state index in [9.17, 15) is 0 Å². The first-order chi connectivity index (χ1) is 10.7. The highest BCUT2D eigenvalue weighted by molar-refractivity contribution is 6.35. The Morgan fingerprint density at radius 1 is 1.27 bits per heavy atom. The van der Waals surface area contributed by atoms with Crippen molar-refractivity contribution in [3.63, 3.8) is 0 Å². The lowest BCUT2D eigenvalue weighted by Gasteiger charge is -2.09. The lowest BCUT2D eigenvalue weighted by atomic mass is 10.0. The largest absolute Gasteiger partial charge is 0.276 e. The van der Waals surface area contributed by atoms with Crippen LogP contribution in [0.3, 0.4) is 0 Å². The number of rotatable bonds is 2. The molecule has 0 unspecified atom stereocenters. The molecule has 6 heteroatoms. The predicted molar refractivity (Wildman–Crippen MR) is 87.2 cm³/mol. The molecule has 0 aliphatic carbocycles. The maximum atomic E-state index is 6.37. The third kappa shape index (κ3) is 1.89. The standard InChI is InChI=1S/C16H14ClN5/c1-3-13-19-14-5-4-9(2)16(22(14)21-13)10-6-11-8-18-20-15(11)12(17)7-10/h4-8H,3H2,1-2H3,(H,18,20). The second-order valence-electron chi connectivity index (χ2n) is 5.31. The Morgan fingerprint density at radius 2 is 2.14 bits per heavy atom. The van der Waals surface area contributed by atoms with Gasteiger partial charge in [0.1, 0.15) is 0 Å². The molecule has 3 heterocycles. The van der Waals surface area contributed by atoms with Gasteiger partial charge in [-0.1, -0.05) is 24.6 Å². The predicted octanol–water partition coefficient (Wildman–Crippen LogP) is 3.80. The smallest absolute Gasteiger partial charge is 0.156 e. The molecule has 0 saturated heterocycles. The molecule has 0 aliphatic heterocycles. The van der Waals surface area contributed by atoms with Crippen LogP contribution >= 0.6 is 11.6 Å². The quantitative estimate of drug-likeness (QED) is 0.612. The fourth-order valence-electron chi connectivity index (χ4n) is 2.74. The number of pyridine rings is 1. The van der Waals surface area contributed by atoms with Crippen LogP contribution in [0.25, 0.3) is 27.8 Å². The van der Waals surface area contributed by atoms with Crippen molar-refractivity contribution in [3.05, 3.63) is 46.9 Å². The number of halogens is 1. The van der Waals surface area contributed by atoms with Gasteiger partial charge in [0.15, 0.2) is 11.5 Å². The van der Waals surface area contributed by atoms with Crippen molar-refractivity contribution in [2.45, 2.75) is 20.3 Å². The van der Waals surface area contributed by atoms with E-state index in [1.807, 2.05) is 16.6 Å². The molecule has 0 fully saturated rings. The number of nitrogens with one attached hydrogen (secondary N) is 1. The molecule has 3 aromatic heterocycles. The lowest BCUT2D eigenvalue weighted by molar-refractivity contribution is 0.887. The van der Waals surface area contributed by atoms with Crippen molar-refractivity contribution in [2.75, 3.05) is 0 Å². The summed E-state index contributed by atoms with van der Waals surface area (Å²) < 4.78 is 1.89. The van der Waals surface area contributed by atoms with Crippen molar-refractivity contribution < 1.29 is 0 Å². The Bertz CT molecular complexity index is 999. The van der Waals surface area contributed by atoms with Gasteiger partial charge in [-0.25, -0.2) is 9.50 Å². The van der Waals surface area contributed by atoms with E-state index in [1.165, 1.54) is 0 Å². The molecule has 1 aromatic carbocycles. The summed E-state index contributed by atoms with van der Waals surface area (Å²) in [5, 5.41) is 13.2. The fraction of sp³-hybridized carbons (Fsp3) is 0.188. The molecule has 0 bridgehead atoms. The van der Waals surface area contributed by atoms with E-state index in [1.54, 1.807) is 6.20 Å². The highest BCUT2D eigenvalue weighted by atomic mass is 35.5. The average Bonchev–Trinajstić information content (AvgIpc) is 3.12. The molecule has 110 valence electrons. The molecule has 0 amide bonds.